The van der Waals surface area contributed by atoms with Crippen molar-refractivity contribution in [2.24, 2.45) is 0 Å². The van der Waals surface area contributed by atoms with Crippen molar-refractivity contribution in [2.45, 2.75) is 57.8 Å². The minimum absolute atomic E-state index is 0.00146. The van der Waals surface area contributed by atoms with Crippen LogP contribution >= 0.6 is 0 Å². The molecule has 1 amide bonds. The highest BCUT2D eigenvalue weighted by atomic mass is 16.5. The Bertz CT molecular complexity index is 694. The first-order valence-corrected chi connectivity index (χ1v) is 9.10. The number of ether oxygens (including phenoxy) is 1. The molecule has 1 heterocycles. The summed E-state index contributed by atoms with van der Waals surface area (Å²) in [6.07, 6.45) is 1.62. The third-order valence-electron chi connectivity index (χ3n) is 4.88. The van der Waals surface area contributed by atoms with E-state index in [0.29, 0.717) is 5.92 Å². The molecule has 0 aliphatic carbocycles. The van der Waals surface area contributed by atoms with Gasteiger partial charge in [0.15, 0.2) is 0 Å². The van der Waals surface area contributed by atoms with Gasteiger partial charge in [0.05, 0.1) is 12.2 Å². The topological polar surface area (TPSA) is 38.3 Å². The van der Waals surface area contributed by atoms with Crippen LogP contribution in [0, 0.1) is 0 Å². The third-order valence-corrected chi connectivity index (χ3v) is 4.88. The smallest absolute Gasteiger partial charge is 0.217 e. The van der Waals surface area contributed by atoms with Gasteiger partial charge in [-0.3, -0.25) is 4.79 Å². The quantitative estimate of drug-likeness (QED) is 0.861. The average Bonchev–Trinajstić information content (AvgIpc) is 2.61. The Labute approximate surface area is 150 Å². The van der Waals surface area contributed by atoms with E-state index in [9.17, 15) is 4.79 Å². The molecule has 0 saturated carbocycles. The Morgan fingerprint density at radius 3 is 2.04 bits per heavy atom. The average molecular weight is 337 g/mol. The zero-order valence-corrected chi connectivity index (χ0v) is 15.2. The molecule has 1 aliphatic heterocycles. The van der Waals surface area contributed by atoms with Crippen molar-refractivity contribution < 1.29 is 9.53 Å². The molecule has 3 nitrogen and oxygen atoms in total. The van der Waals surface area contributed by atoms with E-state index in [1.54, 1.807) is 6.92 Å². The van der Waals surface area contributed by atoms with Crippen LogP contribution < -0.4 is 5.32 Å². The summed E-state index contributed by atoms with van der Waals surface area (Å²) < 4.78 is 6.42. The van der Waals surface area contributed by atoms with Crippen LogP contribution in [0.25, 0.3) is 0 Å². The van der Waals surface area contributed by atoms with Crippen LogP contribution in [0.15, 0.2) is 54.6 Å². The number of amides is 1. The fourth-order valence-corrected chi connectivity index (χ4v) is 3.52. The van der Waals surface area contributed by atoms with E-state index in [2.05, 4.69) is 55.6 Å². The molecule has 0 bridgehead atoms. The van der Waals surface area contributed by atoms with Crippen molar-refractivity contribution in [2.75, 3.05) is 0 Å². The van der Waals surface area contributed by atoms with Crippen molar-refractivity contribution in [3.63, 3.8) is 0 Å². The summed E-state index contributed by atoms with van der Waals surface area (Å²) in [6, 6.07) is 19.1. The summed E-state index contributed by atoms with van der Waals surface area (Å²) >= 11 is 0. The van der Waals surface area contributed by atoms with E-state index >= 15 is 0 Å². The molecule has 1 N–H and O–H groups in total. The Kier molecular flexibility index (Phi) is 5.54. The second kappa shape index (κ2) is 7.83. The fourth-order valence-electron chi connectivity index (χ4n) is 3.52. The van der Waals surface area contributed by atoms with Gasteiger partial charge in [-0.15, -0.1) is 0 Å². The van der Waals surface area contributed by atoms with Gasteiger partial charge in [-0.2, -0.15) is 0 Å². The van der Waals surface area contributed by atoms with Gasteiger partial charge in [0.1, 0.15) is 0 Å². The standard InChI is InChI=1S/C22H27NO2/c1-15(2)17-9-11-19(12-10-17)22-14-20(23-16(3)24)13-21(25-22)18-7-5-4-6-8-18/h4-12,15,20-22H,13-14H2,1-3H3,(H,23,24)/t20-,21-,22+/m1/s1. The molecule has 3 atom stereocenters. The van der Waals surface area contributed by atoms with E-state index in [-0.39, 0.29) is 24.2 Å². The normalized spacial score (nSPS) is 23.4. The van der Waals surface area contributed by atoms with Crippen molar-refractivity contribution >= 4 is 5.91 Å². The van der Waals surface area contributed by atoms with Crippen molar-refractivity contribution in [1.29, 1.82) is 0 Å². The first kappa shape index (κ1) is 17.7. The number of benzene rings is 2. The number of hydrogen-bond acceptors (Lipinski definition) is 2. The zero-order chi connectivity index (χ0) is 17.8. The Balaban J connectivity index is 1.82. The predicted octanol–water partition coefficient (Wildman–Crippen LogP) is 4.91. The van der Waals surface area contributed by atoms with Gasteiger partial charge in [0.25, 0.3) is 0 Å². The van der Waals surface area contributed by atoms with Crippen LogP contribution in [0.4, 0.5) is 0 Å². The first-order valence-electron chi connectivity index (χ1n) is 9.10. The van der Waals surface area contributed by atoms with E-state index in [4.69, 9.17) is 4.74 Å². The van der Waals surface area contributed by atoms with Crippen LogP contribution in [0.5, 0.6) is 0 Å². The molecule has 2 aromatic rings. The predicted molar refractivity (Wildman–Crippen MR) is 100 cm³/mol. The Hall–Kier alpha value is -2.13. The maximum atomic E-state index is 11.6. The number of carbonyl (C=O) groups excluding carboxylic acids is 1. The Morgan fingerprint density at radius 1 is 0.960 bits per heavy atom. The molecule has 0 aromatic heterocycles. The SMILES string of the molecule is CC(=O)N[C@H]1C[C@@H](c2ccc(C(C)C)cc2)O[C@@H](c2ccccc2)C1. The van der Waals surface area contributed by atoms with Crippen molar-refractivity contribution in [3.8, 4) is 0 Å². The van der Waals surface area contributed by atoms with E-state index in [1.807, 2.05) is 18.2 Å². The lowest BCUT2D eigenvalue weighted by molar-refractivity contribution is -0.122. The van der Waals surface area contributed by atoms with E-state index in [1.165, 1.54) is 16.7 Å². The molecule has 132 valence electrons. The lowest BCUT2D eigenvalue weighted by Gasteiger charge is -2.36. The molecular weight excluding hydrogens is 310 g/mol. The summed E-state index contributed by atoms with van der Waals surface area (Å²) in [5, 5.41) is 3.09. The lowest BCUT2D eigenvalue weighted by atomic mass is 9.90. The summed E-state index contributed by atoms with van der Waals surface area (Å²) in [5.74, 6) is 0.540. The number of nitrogens with one attached hydrogen (secondary N) is 1. The zero-order valence-electron chi connectivity index (χ0n) is 15.2. The van der Waals surface area contributed by atoms with Gasteiger partial charge in [-0.1, -0.05) is 68.4 Å². The molecule has 1 saturated heterocycles. The monoisotopic (exact) mass is 337 g/mol. The second-order valence-corrected chi connectivity index (χ2v) is 7.21. The minimum atomic E-state index is -0.00276. The summed E-state index contributed by atoms with van der Waals surface area (Å²) in [5.41, 5.74) is 3.68. The maximum Gasteiger partial charge on any atom is 0.217 e. The molecule has 2 aromatic carbocycles. The first-order chi connectivity index (χ1) is 12.0. The number of carbonyl (C=O) groups is 1. The van der Waals surface area contributed by atoms with Crippen LogP contribution in [0.1, 0.15) is 68.4 Å². The third kappa shape index (κ3) is 4.49. The van der Waals surface area contributed by atoms with Gasteiger partial charge in [0.2, 0.25) is 5.91 Å². The van der Waals surface area contributed by atoms with Gasteiger partial charge in [-0.05, 0) is 35.4 Å². The van der Waals surface area contributed by atoms with Crippen LogP contribution in [-0.4, -0.2) is 11.9 Å². The maximum absolute atomic E-state index is 11.6. The molecule has 0 radical (unpaired) electrons. The number of rotatable bonds is 4. The van der Waals surface area contributed by atoms with Gasteiger partial charge >= 0.3 is 0 Å². The lowest BCUT2D eigenvalue weighted by Crippen LogP contribution is -2.39. The largest absolute Gasteiger partial charge is 0.365 e. The fraction of sp³-hybridized carbons (Fsp3) is 0.409. The molecule has 3 rings (SSSR count). The van der Waals surface area contributed by atoms with Crippen molar-refractivity contribution in [3.05, 3.63) is 71.3 Å². The molecule has 0 unspecified atom stereocenters. The highest BCUT2D eigenvalue weighted by molar-refractivity contribution is 5.73. The van der Waals surface area contributed by atoms with E-state index in [0.717, 1.165) is 12.8 Å². The summed E-state index contributed by atoms with van der Waals surface area (Å²) in [7, 11) is 0. The highest BCUT2D eigenvalue weighted by Gasteiger charge is 2.31. The molecule has 0 spiro atoms. The van der Waals surface area contributed by atoms with Crippen LogP contribution in [-0.2, 0) is 9.53 Å². The van der Waals surface area contributed by atoms with Crippen molar-refractivity contribution in [1.82, 2.24) is 5.32 Å². The molecule has 1 fully saturated rings. The highest BCUT2D eigenvalue weighted by Crippen LogP contribution is 2.39. The molecular formula is C22H27NO2. The molecule has 3 heteroatoms. The molecule has 25 heavy (non-hydrogen) atoms. The summed E-state index contributed by atoms with van der Waals surface area (Å²) in [6.45, 7) is 5.98. The van der Waals surface area contributed by atoms with Gasteiger partial charge in [0, 0.05) is 13.0 Å². The molecule has 1 aliphatic rings. The Morgan fingerprint density at radius 2 is 1.52 bits per heavy atom. The van der Waals surface area contributed by atoms with Crippen LogP contribution in [0.3, 0.4) is 0 Å². The van der Waals surface area contributed by atoms with Crippen LogP contribution in [0.2, 0.25) is 0 Å². The minimum Gasteiger partial charge on any atom is -0.365 e. The van der Waals surface area contributed by atoms with Gasteiger partial charge in [-0.25, -0.2) is 0 Å². The van der Waals surface area contributed by atoms with Gasteiger partial charge < -0.3 is 10.1 Å². The van der Waals surface area contributed by atoms with E-state index < -0.39 is 0 Å². The summed E-state index contributed by atoms with van der Waals surface area (Å²) in [4.78, 5) is 11.6. The number of hydrogen-bond donors (Lipinski definition) is 1. The second-order valence-electron chi connectivity index (χ2n) is 7.21.